The lowest BCUT2D eigenvalue weighted by molar-refractivity contribution is 0.586. The lowest BCUT2D eigenvalue weighted by Gasteiger charge is -2.12. The molecule has 0 unspecified atom stereocenters. The Morgan fingerprint density at radius 2 is 2.17 bits per heavy atom. The Kier molecular flexibility index (Phi) is 3.72. The molecule has 96 valence electrons. The first-order valence-electron chi connectivity index (χ1n) is 5.95. The smallest absolute Gasteiger partial charge is 0.123 e. The topological polar surface area (TPSA) is 42.7 Å². The van der Waals surface area contributed by atoms with Gasteiger partial charge in [-0.1, -0.05) is 25.1 Å². The molecular weight excluding hydrogens is 231 g/mol. The number of halogens is 1. The molecule has 0 atom stereocenters. The van der Waals surface area contributed by atoms with Gasteiger partial charge < -0.3 is 5.32 Å². The number of aromatic nitrogens is 3. The van der Waals surface area contributed by atoms with Crippen LogP contribution in [-0.2, 0) is 13.6 Å². The van der Waals surface area contributed by atoms with Gasteiger partial charge in [-0.15, -0.1) is 5.10 Å². The summed E-state index contributed by atoms with van der Waals surface area (Å²) < 4.78 is 15.0. The molecule has 0 fully saturated rings. The van der Waals surface area contributed by atoms with Crippen molar-refractivity contribution in [3.8, 4) is 11.3 Å². The third-order valence-corrected chi connectivity index (χ3v) is 2.76. The van der Waals surface area contributed by atoms with Crippen molar-refractivity contribution in [2.75, 3.05) is 0 Å². The van der Waals surface area contributed by atoms with E-state index in [4.69, 9.17) is 0 Å². The summed E-state index contributed by atoms with van der Waals surface area (Å²) in [6, 6.07) is 5.18. The molecule has 1 aromatic carbocycles. The van der Waals surface area contributed by atoms with Crippen LogP contribution in [0.1, 0.15) is 19.4 Å². The lowest BCUT2D eigenvalue weighted by Crippen LogP contribution is -2.22. The van der Waals surface area contributed by atoms with Gasteiger partial charge in [0, 0.05) is 25.2 Å². The minimum Gasteiger partial charge on any atom is -0.310 e. The Hall–Kier alpha value is -1.75. The second-order valence-corrected chi connectivity index (χ2v) is 4.58. The van der Waals surface area contributed by atoms with Crippen molar-refractivity contribution < 1.29 is 4.39 Å². The minimum absolute atomic E-state index is 0.250. The van der Waals surface area contributed by atoms with Gasteiger partial charge in [0.1, 0.15) is 5.82 Å². The van der Waals surface area contributed by atoms with Crippen molar-refractivity contribution >= 4 is 0 Å². The molecule has 0 amide bonds. The Labute approximate surface area is 106 Å². The zero-order valence-corrected chi connectivity index (χ0v) is 10.8. The van der Waals surface area contributed by atoms with Crippen molar-refractivity contribution in [1.82, 2.24) is 20.3 Å². The fourth-order valence-electron chi connectivity index (χ4n) is 1.79. The summed E-state index contributed by atoms with van der Waals surface area (Å²) in [6.45, 7) is 4.85. The highest BCUT2D eigenvalue weighted by molar-refractivity contribution is 5.63. The van der Waals surface area contributed by atoms with E-state index in [0.29, 0.717) is 12.6 Å². The van der Waals surface area contributed by atoms with E-state index in [9.17, 15) is 4.39 Å². The average molecular weight is 248 g/mol. The van der Waals surface area contributed by atoms with Crippen LogP contribution in [0.2, 0.25) is 0 Å². The van der Waals surface area contributed by atoms with Gasteiger partial charge in [0.25, 0.3) is 0 Å². The summed E-state index contributed by atoms with van der Waals surface area (Å²) in [7, 11) is 1.80. The first kappa shape index (κ1) is 12.7. The van der Waals surface area contributed by atoms with E-state index in [0.717, 1.165) is 16.8 Å². The highest BCUT2D eigenvalue weighted by Gasteiger charge is 2.11. The Balaban J connectivity index is 2.38. The first-order valence-corrected chi connectivity index (χ1v) is 5.95. The fourth-order valence-corrected chi connectivity index (χ4v) is 1.79. The van der Waals surface area contributed by atoms with E-state index in [1.807, 2.05) is 0 Å². The second kappa shape index (κ2) is 5.27. The SMILES string of the molecule is CC(C)NCc1ccc(F)cc1-c1cnnn1C. The third kappa shape index (κ3) is 2.73. The van der Waals surface area contributed by atoms with Crippen LogP contribution in [0.5, 0.6) is 0 Å². The number of rotatable bonds is 4. The molecule has 0 saturated heterocycles. The van der Waals surface area contributed by atoms with E-state index in [-0.39, 0.29) is 5.82 Å². The van der Waals surface area contributed by atoms with Crippen LogP contribution < -0.4 is 5.32 Å². The van der Waals surface area contributed by atoms with E-state index >= 15 is 0 Å². The summed E-state index contributed by atoms with van der Waals surface area (Å²) in [5.74, 6) is -0.250. The predicted octanol–water partition coefficient (Wildman–Crippen LogP) is 2.12. The van der Waals surface area contributed by atoms with Crippen molar-refractivity contribution in [3.05, 3.63) is 35.8 Å². The quantitative estimate of drug-likeness (QED) is 0.901. The fraction of sp³-hybridized carbons (Fsp3) is 0.385. The third-order valence-electron chi connectivity index (χ3n) is 2.76. The number of hydrogen-bond acceptors (Lipinski definition) is 3. The number of benzene rings is 1. The maximum Gasteiger partial charge on any atom is 0.123 e. The van der Waals surface area contributed by atoms with Crippen LogP contribution in [0.4, 0.5) is 4.39 Å². The van der Waals surface area contributed by atoms with Crippen LogP contribution >= 0.6 is 0 Å². The predicted molar refractivity (Wildman–Crippen MR) is 68.4 cm³/mol. The first-order chi connectivity index (χ1) is 8.58. The Morgan fingerprint density at radius 1 is 1.39 bits per heavy atom. The highest BCUT2D eigenvalue weighted by atomic mass is 19.1. The highest BCUT2D eigenvalue weighted by Crippen LogP contribution is 2.23. The van der Waals surface area contributed by atoms with E-state index < -0.39 is 0 Å². The molecule has 0 bridgehead atoms. The summed E-state index contributed by atoms with van der Waals surface area (Å²) in [5, 5.41) is 11.0. The second-order valence-electron chi connectivity index (χ2n) is 4.58. The molecule has 0 aliphatic heterocycles. The van der Waals surface area contributed by atoms with Crippen LogP contribution in [0.15, 0.2) is 24.4 Å². The summed E-state index contributed by atoms with van der Waals surface area (Å²) in [6.07, 6.45) is 1.65. The molecule has 5 heteroatoms. The normalized spacial score (nSPS) is 11.2. The largest absolute Gasteiger partial charge is 0.310 e. The maximum atomic E-state index is 13.4. The molecule has 1 N–H and O–H groups in total. The molecule has 0 aliphatic carbocycles. The van der Waals surface area contributed by atoms with Gasteiger partial charge in [-0.2, -0.15) is 0 Å². The summed E-state index contributed by atoms with van der Waals surface area (Å²) in [5.41, 5.74) is 2.68. The summed E-state index contributed by atoms with van der Waals surface area (Å²) >= 11 is 0. The molecule has 2 rings (SSSR count). The minimum atomic E-state index is -0.250. The molecule has 18 heavy (non-hydrogen) atoms. The zero-order valence-electron chi connectivity index (χ0n) is 10.8. The molecule has 0 radical (unpaired) electrons. The van der Waals surface area contributed by atoms with Gasteiger partial charge in [0.15, 0.2) is 0 Å². The van der Waals surface area contributed by atoms with Gasteiger partial charge in [-0.3, -0.25) is 0 Å². The molecule has 0 saturated carbocycles. The van der Waals surface area contributed by atoms with E-state index in [1.54, 1.807) is 24.0 Å². The standard InChI is InChI=1S/C13H17FN4/c1-9(2)15-7-10-4-5-11(14)6-12(10)13-8-16-17-18(13)3/h4-6,8-9,15H,7H2,1-3H3. The molecule has 0 aliphatic rings. The Bertz CT molecular complexity index is 534. The average Bonchev–Trinajstić information content (AvgIpc) is 2.73. The van der Waals surface area contributed by atoms with Gasteiger partial charge in [0.05, 0.1) is 11.9 Å². The molecule has 1 aromatic heterocycles. The molecular formula is C13H17FN4. The number of nitrogens with one attached hydrogen (secondary N) is 1. The van der Waals surface area contributed by atoms with Gasteiger partial charge in [-0.05, 0) is 17.7 Å². The molecule has 2 aromatic rings. The maximum absolute atomic E-state index is 13.4. The number of aryl methyl sites for hydroxylation is 1. The molecule has 4 nitrogen and oxygen atoms in total. The van der Waals surface area contributed by atoms with Gasteiger partial charge >= 0.3 is 0 Å². The summed E-state index contributed by atoms with van der Waals surface area (Å²) in [4.78, 5) is 0. The van der Waals surface area contributed by atoms with Crippen molar-refractivity contribution in [2.24, 2.45) is 7.05 Å². The number of hydrogen-bond donors (Lipinski definition) is 1. The van der Waals surface area contributed by atoms with Crippen molar-refractivity contribution in [3.63, 3.8) is 0 Å². The Morgan fingerprint density at radius 3 is 2.78 bits per heavy atom. The van der Waals surface area contributed by atoms with E-state index in [1.165, 1.54) is 12.1 Å². The van der Waals surface area contributed by atoms with Gasteiger partial charge in [0.2, 0.25) is 0 Å². The molecule has 0 spiro atoms. The van der Waals surface area contributed by atoms with Crippen molar-refractivity contribution in [2.45, 2.75) is 26.4 Å². The van der Waals surface area contributed by atoms with Crippen LogP contribution in [-0.4, -0.2) is 21.0 Å². The monoisotopic (exact) mass is 248 g/mol. The lowest BCUT2D eigenvalue weighted by atomic mass is 10.0. The van der Waals surface area contributed by atoms with E-state index in [2.05, 4.69) is 29.5 Å². The van der Waals surface area contributed by atoms with Crippen molar-refractivity contribution in [1.29, 1.82) is 0 Å². The number of nitrogens with zero attached hydrogens (tertiary/aromatic N) is 3. The molecule has 1 heterocycles. The van der Waals surface area contributed by atoms with Crippen LogP contribution in [0, 0.1) is 5.82 Å². The van der Waals surface area contributed by atoms with Crippen LogP contribution in [0.25, 0.3) is 11.3 Å². The van der Waals surface area contributed by atoms with Crippen LogP contribution in [0.3, 0.4) is 0 Å². The van der Waals surface area contributed by atoms with Gasteiger partial charge in [-0.25, -0.2) is 9.07 Å². The zero-order chi connectivity index (χ0) is 13.1.